The monoisotopic (exact) mass is 237 g/mol. The second-order valence-electron chi connectivity index (χ2n) is 2.74. The van der Waals surface area contributed by atoms with E-state index in [0.717, 1.165) is 12.3 Å². The Kier molecular flexibility index (Phi) is 2.00. The molecule has 0 aromatic carbocycles. The van der Waals surface area contributed by atoms with Gasteiger partial charge in [0.15, 0.2) is 5.65 Å². The van der Waals surface area contributed by atoms with Crippen molar-refractivity contribution in [1.82, 2.24) is 14.7 Å². The molecule has 2 aromatic rings. The second kappa shape index (κ2) is 2.99. The van der Waals surface area contributed by atoms with Gasteiger partial charge in [0.2, 0.25) is 0 Å². The van der Waals surface area contributed by atoms with Crippen LogP contribution >= 0.6 is 11.6 Å². The molecular weight excluding hydrogens is 235 g/mol. The van der Waals surface area contributed by atoms with E-state index in [-0.39, 0.29) is 20.9 Å². The van der Waals surface area contributed by atoms with Gasteiger partial charge in [-0.05, 0) is 6.07 Å². The minimum absolute atomic E-state index is 0.0752. The van der Waals surface area contributed by atoms with Crippen molar-refractivity contribution < 1.29 is 18.4 Å². The van der Waals surface area contributed by atoms with Gasteiger partial charge >= 0.3 is 6.18 Å². The van der Waals surface area contributed by atoms with Crippen LogP contribution in [-0.2, 0) is 6.18 Å². The van der Waals surface area contributed by atoms with Crippen LogP contribution in [0.3, 0.4) is 0 Å². The zero-order chi connectivity index (χ0) is 11.2. The molecule has 0 aliphatic carbocycles. The van der Waals surface area contributed by atoms with Crippen molar-refractivity contribution in [3.63, 3.8) is 0 Å². The lowest BCUT2D eigenvalue weighted by atomic mass is 10.4. The minimum atomic E-state index is -4.73. The molecule has 0 atom stereocenters. The molecule has 8 heteroatoms. The van der Waals surface area contributed by atoms with Gasteiger partial charge in [-0.1, -0.05) is 11.6 Å². The highest BCUT2D eigenvalue weighted by molar-refractivity contribution is 6.31. The van der Waals surface area contributed by atoms with E-state index in [0.29, 0.717) is 0 Å². The Labute approximate surface area is 85.9 Å². The topological polar surface area (TPSA) is 50.9 Å². The largest absolute Gasteiger partial charge is 0.453 e. The van der Waals surface area contributed by atoms with Gasteiger partial charge in [-0.15, -0.1) is 0 Å². The lowest BCUT2D eigenvalue weighted by Gasteiger charge is -2.03. The van der Waals surface area contributed by atoms with Gasteiger partial charge in [-0.25, -0.2) is 9.97 Å². The molecule has 0 bridgehead atoms. The summed E-state index contributed by atoms with van der Waals surface area (Å²) in [5, 5.41) is 9.30. The third kappa shape index (κ3) is 1.58. The van der Waals surface area contributed by atoms with Gasteiger partial charge in [0.05, 0.1) is 5.02 Å². The van der Waals surface area contributed by atoms with Crippen LogP contribution in [0, 0.1) is 0 Å². The van der Waals surface area contributed by atoms with Gasteiger partial charge in [0, 0.05) is 6.20 Å². The zero-order valence-electron chi connectivity index (χ0n) is 6.96. The fourth-order valence-corrected chi connectivity index (χ4v) is 1.26. The maximum atomic E-state index is 12.3. The molecule has 4 nitrogen and oxygen atoms in total. The van der Waals surface area contributed by atoms with Gasteiger partial charge < -0.3 is 5.21 Å². The first kappa shape index (κ1) is 10.0. The Bertz CT molecular complexity index is 522. The Balaban J connectivity index is 2.76. The lowest BCUT2D eigenvalue weighted by molar-refractivity contribution is -0.153. The van der Waals surface area contributed by atoms with Crippen LogP contribution in [0.5, 0.6) is 0 Å². The predicted molar refractivity (Wildman–Crippen MR) is 44.7 cm³/mol. The third-order valence-corrected chi connectivity index (χ3v) is 1.91. The molecule has 0 aliphatic heterocycles. The van der Waals surface area contributed by atoms with Gasteiger partial charge in [-0.2, -0.15) is 17.9 Å². The highest BCUT2D eigenvalue weighted by atomic mass is 35.5. The number of hydrogen-bond acceptors (Lipinski definition) is 3. The van der Waals surface area contributed by atoms with Crippen molar-refractivity contribution in [2.45, 2.75) is 6.18 Å². The molecule has 0 aliphatic rings. The summed E-state index contributed by atoms with van der Waals surface area (Å²) in [7, 11) is 0. The number of hydrogen-bond donors (Lipinski definition) is 1. The Morgan fingerprint density at radius 3 is 2.67 bits per heavy atom. The standard InChI is InChI=1S/C7H3ClF3N3O/c8-3-1-4-5(12-2-3)13-6(14(4)15)7(9,10)11/h1-2,15H. The number of pyridine rings is 1. The summed E-state index contributed by atoms with van der Waals surface area (Å²) in [6.07, 6.45) is -3.58. The van der Waals surface area contributed by atoms with Crippen LogP contribution in [0.15, 0.2) is 12.3 Å². The molecule has 0 fully saturated rings. The van der Waals surface area contributed by atoms with E-state index < -0.39 is 12.0 Å². The first-order valence-electron chi connectivity index (χ1n) is 3.70. The van der Waals surface area contributed by atoms with Gasteiger partial charge in [0.25, 0.3) is 5.82 Å². The van der Waals surface area contributed by atoms with Crippen molar-refractivity contribution in [3.05, 3.63) is 23.1 Å². The molecule has 2 heterocycles. The molecule has 0 spiro atoms. The summed E-state index contributed by atoms with van der Waals surface area (Å²) in [6, 6.07) is 1.14. The van der Waals surface area contributed by atoms with E-state index in [1.54, 1.807) is 0 Å². The Hall–Kier alpha value is -1.50. The van der Waals surface area contributed by atoms with Crippen molar-refractivity contribution in [2.24, 2.45) is 0 Å². The third-order valence-electron chi connectivity index (χ3n) is 1.71. The number of imidazole rings is 1. The summed E-state index contributed by atoms with van der Waals surface area (Å²) in [6.45, 7) is 0. The highest BCUT2D eigenvalue weighted by Crippen LogP contribution is 2.30. The Morgan fingerprint density at radius 1 is 1.40 bits per heavy atom. The Morgan fingerprint density at radius 2 is 2.07 bits per heavy atom. The smallest absolute Gasteiger partial charge is 0.426 e. The van der Waals surface area contributed by atoms with Crippen LogP contribution < -0.4 is 0 Å². The number of nitrogens with zero attached hydrogens (tertiary/aromatic N) is 3. The quantitative estimate of drug-likeness (QED) is 0.716. The van der Waals surface area contributed by atoms with E-state index >= 15 is 0 Å². The average Bonchev–Trinajstić information content (AvgIpc) is 2.43. The van der Waals surface area contributed by atoms with E-state index in [2.05, 4.69) is 9.97 Å². The first-order valence-corrected chi connectivity index (χ1v) is 4.08. The molecule has 2 aromatic heterocycles. The van der Waals surface area contributed by atoms with Crippen LogP contribution in [0.25, 0.3) is 11.2 Å². The summed E-state index contributed by atoms with van der Waals surface area (Å²) in [5.74, 6) is -1.42. The molecule has 0 saturated heterocycles. The van der Waals surface area contributed by atoms with Crippen LogP contribution in [0.4, 0.5) is 13.2 Å². The highest BCUT2D eigenvalue weighted by Gasteiger charge is 2.38. The molecule has 0 radical (unpaired) electrons. The van der Waals surface area contributed by atoms with E-state index in [9.17, 15) is 18.4 Å². The summed E-state index contributed by atoms with van der Waals surface area (Å²) in [5.41, 5.74) is -0.399. The molecule has 1 N–H and O–H groups in total. The second-order valence-corrected chi connectivity index (χ2v) is 3.18. The average molecular weight is 238 g/mol. The maximum Gasteiger partial charge on any atom is 0.453 e. The molecule has 0 amide bonds. The number of aromatic nitrogens is 3. The molecular formula is C7H3ClF3N3O. The van der Waals surface area contributed by atoms with Crippen molar-refractivity contribution in [2.75, 3.05) is 0 Å². The fourth-order valence-electron chi connectivity index (χ4n) is 1.11. The van der Waals surface area contributed by atoms with Crippen LogP contribution in [0.2, 0.25) is 5.02 Å². The van der Waals surface area contributed by atoms with Gasteiger partial charge in [0.1, 0.15) is 5.52 Å². The first-order chi connectivity index (χ1) is 6.89. The molecule has 2 rings (SSSR count). The van der Waals surface area contributed by atoms with Crippen LogP contribution in [0.1, 0.15) is 5.82 Å². The fraction of sp³-hybridized carbons (Fsp3) is 0.143. The maximum absolute atomic E-state index is 12.3. The summed E-state index contributed by atoms with van der Waals surface area (Å²) < 4.78 is 36.8. The molecule has 0 unspecified atom stereocenters. The van der Waals surface area contributed by atoms with E-state index in [1.807, 2.05) is 0 Å². The van der Waals surface area contributed by atoms with Crippen molar-refractivity contribution >= 4 is 22.8 Å². The SMILES string of the molecule is On1c(C(F)(F)F)nc2ncc(Cl)cc21. The van der Waals surface area contributed by atoms with Crippen LogP contribution in [-0.4, -0.2) is 19.9 Å². The lowest BCUT2D eigenvalue weighted by Crippen LogP contribution is -2.12. The summed E-state index contributed by atoms with van der Waals surface area (Å²) >= 11 is 5.52. The van der Waals surface area contributed by atoms with Gasteiger partial charge in [-0.3, -0.25) is 0 Å². The van der Waals surface area contributed by atoms with Crippen molar-refractivity contribution in [3.8, 4) is 0 Å². The molecule has 15 heavy (non-hydrogen) atoms. The minimum Gasteiger partial charge on any atom is -0.426 e. The van der Waals surface area contributed by atoms with Crippen molar-refractivity contribution in [1.29, 1.82) is 0 Å². The molecule has 80 valence electrons. The molecule has 0 saturated carbocycles. The van der Waals surface area contributed by atoms with E-state index in [4.69, 9.17) is 11.6 Å². The number of fused-ring (bicyclic) bond motifs is 1. The predicted octanol–water partition coefficient (Wildman–Crippen LogP) is 2.34. The number of halogens is 4. The normalized spacial score (nSPS) is 12.3. The zero-order valence-corrected chi connectivity index (χ0v) is 7.71. The summed E-state index contributed by atoms with van der Waals surface area (Å²) in [4.78, 5) is 6.69. The number of alkyl halides is 3. The van der Waals surface area contributed by atoms with E-state index in [1.165, 1.54) is 0 Å². The number of rotatable bonds is 0.